The molecule has 0 heterocycles. The molecule has 1 rings (SSSR count). The molecule has 5 nitrogen and oxygen atoms in total. The first-order valence-corrected chi connectivity index (χ1v) is 4.69. The summed E-state index contributed by atoms with van der Waals surface area (Å²) in [4.78, 5) is 13.2. The van der Waals surface area contributed by atoms with Gasteiger partial charge >= 0.3 is 5.97 Å². The van der Waals surface area contributed by atoms with Gasteiger partial charge in [-0.15, -0.1) is 0 Å². The van der Waals surface area contributed by atoms with Crippen molar-refractivity contribution in [3.8, 4) is 0 Å². The number of aliphatic carboxylic acids is 1. The van der Waals surface area contributed by atoms with Gasteiger partial charge in [0.05, 0.1) is 5.02 Å². The van der Waals surface area contributed by atoms with Crippen LogP contribution < -0.4 is 0 Å². The SMILES string of the molecule is Cc1cccc(/C=C(\N=[N+]=[N-])C(=O)O)c1Cl. The van der Waals surface area contributed by atoms with Crippen molar-refractivity contribution in [2.75, 3.05) is 0 Å². The highest BCUT2D eigenvalue weighted by molar-refractivity contribution is 6.32. The molecule has 1 aromatic carbocycles. The van der Waals surface area contributed by atoms with E-state index in [4.69, 9.17) is 22.2 Å². The van der Waals surface area contributed by atoms with E-state index < -0.39 is 11.7 Å². The van der Waals surface area contributed by atoms with Gasteiger partial charge in [-0.3, -0.25) is 0 Å². The zero-order chi connectivity index (χ0) is 12.1. The van der Waals surface area contributed by atoms with Gasteiger partial charge in [0.2, 0.25) is 0 Å². The van der Waals surface area contributed by atoms with Crippen LogP contribution in [0.25, 0.3) is 16.5 Å². The van der Waals surface area contributed by atoms with E-state index in [0.717, 1.165) is 5.56 Å². The number of nitrogens with zero attached hydrogens (tertiary/aromatic N) is 3. The van der Waals surface area contributed by atoms with Crippen LogP contribution in [0.4, 0.5) is 0 Å². The molecule has 0 spiro atoms. The average molecular weight is 238 g/mol. The summed E-state index contributed by atoms with van der Waals surface area (Å²) < 4.78 is 0. The molecule has 0 bridgehead atoms. The number of halogens is 1. The summed E-state index contributed by atoms with van der Waals surface area (Å²) in [6.07, 6.45) is 1.23. The largest absolute Gasteiger partial charge is 0.478 e. The molecule has 0 saturated heterocycles. The second kappa shape index (κ2) is 5.21. The summed E-state index contributed by atoms with van der Waals surface area (Å²) >= 11 is 5.97. The van der Waals surface area contributed by atoms with Crippen LogP contribution in [0.15, 0.2) is 29.0 Å². The molecule has 0 aliphatic carbocycles. The van der Waals surface area contributed by atoms with Gasteiger partial charge in [0.25, 0.3) is 0 Å². The monoisotopic (exact) mass is 237 g/mol. The van der Waals surface area contributed by atoms with Crippen molar-refractivity contribution in [2.24, 2.45) is 5.11 Å². The molecule has 82 valence electrons. The van der Waals surface area contributed by atoms with Crippen molar-refractivity contribution in [3.63, 3.8) is 0 Å². The van der Waals surface area contributed by atoms with Gasteiger partial charge in [0.1, 0.15) is 5.70 Å². The Hall–Kier alpha value is -1.97. The van der Waals surface area contributed by atoms with Crippen LogP contribution in [-0.2, 0) is 4.79 Å². The minimum Gasteiger partial charge on any atom is -0.478 e. The van der Waals surface area contributed by atoms with Crippen molar-refractivity contribution in [2.45, 2.75) is 6.92 Å². The van der Waals surface area contributed by atoms with Gasteiger partial charge in [-0.05, 0) is 29.7 Å². The number of carboxylic acid groups (broad SMARTS) is 1. The normalized spacial score (nSPS) is 10.8. The fourth-order valence-corrected chi connectivity index (χ4v) is 1.29. The summed E-state index contributed by atoms with van der Waals surface area (Å²) in [5.41, 5.74) is 9.14. The lowest BCUT2D eigenvalue weighted by molar-refractivity contribution is -0.132. The summed E-state index contributed by atoms with van der Waals surface area (Å²) in [5.74, 6) is -1.30. The first kappa shape index (κ1) is 12.1. The molecule has 0 aliphatic rings. The third kappa shape index (κ3) is 2.76. The minimum atomic E-state index is -1.30. The van der Waals surface area contributed by atoms with E-state index >= 15 is 0 Å². The zero-order valence-corrected chi connectivity index (χ0v) is 9.14. The number of aryl methyl sites for hydroxylation is 1. The molecule has 0 unspecified atom stereocenters. The zero-order valence-electron chi connectivity index (χ0n) is 8.38. The topological polar surface area (TPSA) is 86.1 Å². The number of hydrogen-bond donors (Lipinski definition) is 1. The average Bonchev–Trinajstić information content (AvgIpc) is 2.23. The van der Waals surface area contributed by atoms with E-state index in [1.165, 1.54) is 6.08 Å². The van der Waals surface area contributed by atoms with Crippen LogP contribution in [0, 0.1) is 6.92 Å². The minimum absolute atomic E-state index is 0.394. The first-order chi connectivity index (χ1) is 7.56. The van der Waals surface area contributed by atoms with Crippen molar-refractivity contribution < 1.29 is 9.90 Å². The van der Waals surface area contributed by atoms with E-state index in [2.05, 4.69) is 10.0 Å². The van der Waals surface area contributed by atoms with Crippen molar-refractivity contribution in [3.05, 3.63) is 50.5 Å². The molecule has 0 radical (unpaired) electrons. The summed E-state index contributed by atoms with van der Waals surface area (Å²) in [6.45, 7) is 1.80. The lowest BCUT2D eigenvalue weighted by Gasteiger charge is -2.02. The van der Waals surface area contributed by atoms with Crippen LogP contribution in [0.1, 0.15) is 11.1 Å². The fourth-order valence-electron chi connectivity index (χ4n) is 1.11. The standard InChI is InChI=1S/C10H8ClN3O2/c1-6-3-2-4-7(9(6)11)5-8(10(15)16)13-14-12/h2-5H,1H3,(H,15,16)/b8-5-. The number of azide groups is 1. The van der Waals surface area contributed by atoms with Crippen LogP contribution in [0.5, 0.6) is 0 Å². The Morgan fingerprint density at radius 3 is 2.88 bits per heavy atom. The van der Waals surface area contributed by atoms with Crippen molar-refractivity contribution in [1.29, 1.82) is 0 Å². The first-order valence-electron chi connectivity index (χ1n) is 4.31. The number of rotatable bonds is 3. The molecule has 0 aliphatic heterocycles. The molecule has 0 amide bonds. The maximum absolute atomic E-state index is 10.7. The predicted molar refractivity (Wildman–Crippen MR) is 60.9 cm³/mol. The Balaban J connectivity index is 3.28. The molecule has 0 fully saturated rings. The summed E-state index contributed by atoms with van der Waals surface area (Å²) in [6, 6.07) is 5.18. The van der Waals surface area contributed by atoms with Crippen molar-refractivity contribution >= 4 is 23.6 Å². The third-order valence-corrected chi connectivity index (χ3v) is 2.40. The highest BCUT2D eigenvalue weighted by Gasteiger charge is 2.07. The van der Waals surface area contributed by atoms with E-state index in [-0.39, 0.29) is 0 Å². The highest BCUT2D eigenvalue weighted by atomic mass is 35.5. The Bertz CT molecular complexity index is 501. The number of hydrogen-bond acceptors (Lipinski definition) is 2. The van der Waals surface area contributed by atoms with E-state index in [0.29, 0.717) is 10.6 Å². The molecule has 1 aromatic rings. The second-order valence-corrected chi connectivity index (χ2v) is 3.38. The maximum atomic E-state index is 10.7. The van der Waals surface area contributed by atoms with E-state index in [9.17, 15) is 4.79 Å². The summed E-state index contributed by atoms with van der Waals surface area (Å²) in [7, 11) is 0. The molecule has 0 atom stereocenters. The number of carbonyl (C=O) groups is 1. The predicted octanol–water partition coefficient (Wildman–Crippen LogP) is 3.38. The lowest BCUT2D eigenvalue weighted by atomic mass is 10.1. The fraction of sp³-hybridized carbons (Fsp3) is 0.100. The van der Waals surface area contributed by atoms with Gasteiger partial charge in [0, 0.05) is 4.91 Å². The molecular formula is C10H8ClN3O2. The highest BCUT2D eigenvalue weighted by Crippen LogP contribution is 2.22. The van der Waals surface area contributed by atoms with E-state index in [1.54, 1.807) is 25.1 Å². The molecule has 1 N–H and O–H groups in total. The lowest BCUT2D eigenvalue weighted by Crippen LogP contribution is -1.96. The van der Waals surface area contributed by atoms with Crippen LogP contribution in [0.2, 0.25) is 5.02 Å². The molecule has 16 heavy (non-hydrogen) atoms. The van der Waals surface area contributed by atoms with Gasteiger partial charge < -0.3 is 5.11 Å². The van der Waals surface area contributed by atoms with Crippen LogP contribution in [0.3, 0.4) is 0 Å². The van der Waals surface area contributed by atoms with E-state index in [1.807, 2.05) is 0 Å². The Morgan fingerprint density at radius 1 is 1.62 bits per heavy atom. The van der Waals surface area contributed by atoms with Crippen molar-refractivity contribution in [1.82, 2.24) is 0 Å². The summed E-state index contributed by atoms with van der Waals surface area (Å²) in [5, 5.41) is 12.3. The Kier molecular flexibility index (Phi) is 3.94. The maximum Gasteiger partial charge on any atom is 0.338 e. The van der Waals surface area contributed by atoms with Gasteiger partial charge in [-0.2, -0.15) is 0 Å². The molecule has 0 saturated carbocycles. The van der Waals surface area contributed by atoms with Crippen LogP contribution >= 0.6 is 11.6 Å². The Labute approximate surface area is 96.6 Å². The molecule has 6 heteroatoms. The Morgan fingerprint density at radius 2 is 2.31 bits per heavy atom. The smallest absolute Gasteiger partial charge is 0.338 e. The quantitative estimate of drug-likeness (QED) is 0.378. The van der Waals surface area contributed by atoms with Gasteiger partial charge in [-0.25, -0.2) is 4.79 Å². The number of benzene rings is 1. The van der Waals surface area contributed by atoms with Crippen LogP contribution in [-0.4, -0.2) is 11.1 Å². The molecule has 0 aromatic heterocycles. The number of carboxylic acids is 1. The molecular weight excluding hydrogens is 230 g/mol. The van der Waals surface area contributed by atoms with Gasteiger partial charge in [0.15, 0.2) is 0 Å². The second-order valence-electron chi connectivity index (χ2n) is 3.00. The third-order valence-electron chi connectivity index (χ3n) is 1.89. The van der Waals surface area contributed by atoms with Gasteiger partial charge in [-0.1, -0.05) is 34.9 Å².